The predicted molar refractivity (Wildman–Crippen MR) is 72.9 cm³/mol. The van der Waals surface area contributed by atoms with Crippen LogP contribution in [0.1, 0.15) is 17.4 Å². The number of pyridine rings is 1. The van der Waals surface area contributed by atoms with Crippen molar-refractivity contribution < 1.29 is 17.9 Å². The van der Waals surface area contributed by atoms with Crippen molar-refractivity contribution in [3.63, 3.8) is 0 Å². The molecule has 0 aliphatic heterocycles. The molecule has 1 unspecified atom stereocenters. The smallest absolute Gasteiger partial charge is 0.431 e. The molecule has 1 aromatic carbocycles. The third-order valence-corrected chi connectivity index (χ3v) is 2.86. The molecule has 1 heterocycles. The van der Waals surface area contributed by atoms with Crippen LogP contribution in [-0.4, -0.2) is 17.7 Å². The molecule has 0 bridgehead atoms. The Bertz CT molecular complexity index is 555. The van der Waals surface area contributed by atoms with Gasteiger partial charge in [0.25, 0.3) is 0 Å². The summed E-state index contributed by atoms with van der Waals surface area (Å²) in [6.45, 7) is 0.485. The minimum atomic E-state index is -4.54. The molecule has 1 atom stereocenters. The van der Waals surface area contributed by atoms with Gasteiger partial charge in [-0.15, -0.1) is 0 Å². The molecular weight excluding hydrogens is 281 g/mol. The fourth-order valence-corrected chi connectivity index (χ4v) is 1.86. The van der Waals surface area contributed by atoms with E-state index in [1.807, 2.05) is 0 Å². The summed E-state index contributed by atoms with van der Waals surface area (Å²) in [5, 5.41) is 0. The van der Waals surface area contributed by atoms with Crippen LogP contribution >= 0.6 is 0 Å². The van der Waals surface area contributed by atoms with Crippen LogP contribution in [0.3, 0.4) is 0 Å². The summed E-state index contributed by atoms with van der Waals surface area (Å²) in [7, 11) is 0. The SMILES string of the molecule is NCCc1ccc(OC(c2ccccn2)C(F)(F)F)cc1. The van der Waals surface area contributed by atoms with E-state index >= 15 is 0 Å². The number of hydrogen-bond donors (Lipinski definition) is 1. The van der Waals surface area contributed by atoms with Crippen molar-refractivity contribution in [2.24, 2.45) is 5.73 Å². The molecule has 2 aromatic rings. The highest BCUT2D eigenvalue weighted by atomic mass is 19.4. The second-order valence-corrected chi connectivity index (χ2v) is 4.48. The Morgan fingerprint density at radius 3 is 2.33 bits per heavy atom. The molecule has 0 spiro atoms. The molecule has 21 heavy (non-hydrogen) atoms. The van der Waals surface area contributed by atoms with E-state index in [-0.39, 0.29) is 11.4 Å². The summed E-state index contributed by atoms with van der Waals surface area (Å²) in [6.07, 6.45) is -4.64. The summed E-state index contributed by atoms with van der Waals surface area (Å²) in [5.74, 6) is 0.142. The number of alkyl halides is 3. The zero-order chi connectivity index (χ0) is 15.3. The largest absolute Gasteiger partial charge is 0.475 e. The number of rotatable bonds is 5. The predicted octanol–water partition coefficient (Wildman–Crippen LogP) is 3.27. The quantitative estimate of drug-likeness (QED) is 0.921. The maximum Gasteiger partial charge on any atom is 0.431 e. The summed E-state index contributed by atoms with van der Waals surface area (Å²) >= 11 is 0. The average molecular weight is 296 g/mol. The van der Waals surface area contributed by atoms with E-state index in [4.69, 9.17) is 10.5 Å². The highest BCUT2D eigenvalue weighted by Gasteiger charge is 2.44. The van der Waals surface area contributed by atoms with Gasteiger partial charge < -0.3 is 10.5 Å². The number of benzene rings is 1. The maximum atomic E-state index is 13.1. The molecule has 0 saturated carbocycles. The molecule has 0 aliphatic rings. The third kappa shape index (κ3) is 4.19. The Morgan fingerprint density at radius 2 is 1.81 bits per heavy atom. The number of hydrogen-bond acceptors (Lipinski definition) is 3. The van der Waals surface area contributed by atoms with E-state index in [0.29, 0.717) is 13.0 Å². The van der Waals surface area contributed by atoms with Gasteiger partial charge in [0.2, 0.25) is 6.10 Å². The van der Waals surface area contributed by atoms with Gasteiger partial charge in [-0.1, -0.05) is 18.2 Å². The van der Waals surface area contributed by atoms with Gasteiger partial charge in [0.05, 0.1) is 5.69 Å². The topological polar surface area (TPSA) is 48.1 Å². The Morgan fingerprint density at radius 1 is 1.10 bits per heavy atom. The van der Waals surface area contributed by atoms with E-state index in [1.165, 1.54) is 30.5 Å². The Labute approximate surface area is 120 Å². The van der Waals surface area contributed by atoms with Crippen molar-refractivity contribution in [2.45, 2.75) is 18.7 Å². The van der Waals surface area contributed by atoms with E-state index in [9.17, 15) is 13.2 Å². The normalized spacial score (nSPS) is 13.0. The standard InChI is InChI=1S/C15H15F3N2O/c16-15(17,18)14(13-3-1-2-10-20-13)21-12-6-4-11(5-7-12)8-9-19/h1-7,10,14H,8-9,19H2. The lowest BCUT2D eigenvalue weighted by atomic mass is 10.1. The van der Waals surface area contributed by atoms with Gasteiger partial charge in [-0.3, -0.25) is 4.98 Å². The Balaban J connectivity index is 2.20. The van der Waals surface area contributed by atoms with Crippen LogP contribution in [0.2, 0.25) is 0 Å². The lowest BCUT2D eigenvalue weighted by molar-refractivity contribution is -0.199. The molecule has 0 fully saturated rings. The van der Waals surface area contributed by atoms with Gasteiger partial charge in [0, 0.05) is 6.20 Å². The first kappa shape index (κ1) is 15.3. The molecule has 6 heteroatoms. The molecular formula is C15H15F3N2O. The van der Waals surface area contributed by atoms with Crippen LogP contribution in [-0.2, 0) is 6.42 Å². The summed E-state index contributed by atoms with van der Waals surface area (Å²) < 4.78 is 44.4. The van der Waals surface area contributed by atoms with Gasteiger partial charge in [0.1, 0.15) is 5.75 Å². The minimum Gasteiger partial charge on any atom is -0.475 e. The van der Waals surface area contributed by atoms with Gasteiger partial charge in [-0.2, -0.15) is 13.2 Å². The zero-order valence-corrected chi connectivity index (χ0v) is 11.2. The molecule has 0 amide bonds. The molecule has 2 rings (SSSR count). The van der Waals surface area contributed by atoms with Crippen LogP contribution < -0.4 is 10.5 Å². The number of aromatic nitrogens is 1. The van der Waals surface area contributed by atoms with Crippen molar-refractivity contribution in [1.29, 1.82) is 0 Å². The molecule has 0 radical (unpaired) electrons. The van der Waals surface area contributed by atoms with Crippen molar-refractivity contribution >= 4 is 0 Å². The minimum absolute atomic E-state index is 0.142. The van der Waals surface area contributed by atoms with Crippen LogP contribution in [0.5, 0.6) is 5.75 Å². The van der Waals surface area contributed by atoms with E-state index in [1.54, 1.807) is 18.2 Å². The number of halogens is 3. The van der Waals surface area contributed by atoms with Gasteiger partial charge in [-0.05, 0) is 42.8 Å². The summed E-state index contributed by atoms with van der Waals surface area (Å²) in [6, 6.07) is 10.8. The first-order chi connectivity index (χ1) is 10.0. The molecule has 3 nitrogen and oxygen atoms in total. The lowest BCUT2D eigenvalue weighted by Crippen LogP contribution is -2.26. The molecule has 1 aromatic heterocycles. The average Bonchev–Trinajstić information content (AvgIpc) is 2.46. The second-order valence-electron chi connectivity index (χ2n) is 4.48. The first-order valence-electron chi connectivity index (χ1n) is 6.44. The first-order valence-corrected chi connectivity index (χ1v) is 6.44. The fourth-order valence-electron chi connectivity index (χ4n) is 1.86. The van der Waals surface area contributed by atoms with E-state index < -0.39 is 12.3 Å². The number of nitrogens with zero attached hydrogens (tertiary/aromatic N) is 1. The number of nitrogens with two attached hydrogens (primary N) is 1. The van der Waals surface area contributed by atoms with Crippen molar-refractivity contribution in [3.05, 3.63) is 59.9 Å². The van der Waals surface area contributed by atoms with Gasteiger partial charge >= 0.3 is 6.18 Å². The highest BCUT2D eigenvalue weighted by molar-refractivity contribution is 5.28. The highest BCUT2D eigenvalue weighted by Crippen LogP contribution is 2.35. The van der Waals surface area contributed by atoms with Crippen LogP contribution in [0.25, 0.3) is 0 Å². The molecule has 0 aliphatic carbocycles. The van der Waals surface area contributed by atoms with Crippen LogP contribution in [0, 0.1) is 0 Å². The third-order valence-electron chi connectivity index (χ3n) is 2.86. The lowest BCUT2D eigenvalue weighted by Gasteiger charge is -2.21. The second kappa shape index (κ2) is 6.58. The Kier molecular flexibility index (Phi) is 4.80. The Hall–Kier alpha value is -2.08. The molecule has 2 N–H and O–H groups in total. The molecule has 112 valence electrons. The van der Waals surface area contributed by atoms with Crippen molar-refractivity contribution in [3.8, 4) is 5.75 Å². The van der Waals surface area contributed by atoms with E-state index in [0.717, 1.165) is 5.56 Å². The zero-order valence-electron chi connectivity index (χ0n) is 11.2. The van der Waals surface area contributed by atoms with Crippen molar-refractivity contribution in [2.75, 3.05) is 6.54 Å². The van der Waals surface area contributed by atoms with Gasteiger partial charge in [-0.25, -0.2) is 0 Å². The summed E-state index contributed by atoms with van der Waals surface area (Å²) in [4.78, 5) is 3.73. The van der Waals surface area contributed by atoms with Crippen LogP contribution in [0.15, 0.2) is 48.7 Å². The maximum absolute atomic E-state index is 13.1. The van der Waals surface area contributed by atoms with E-state index in [2.05, 4.69) is 4.98 Å². The van der Waals surface area contributed by atoms with Gasteiger partial charge in [0.15, 0.2) is 0 Å². The summed E-state index contributed by atoms with van der Waals surface area (Å²) in [5.41, 5.74) is 6.20. The number of ether oxygens (including phenoxy) is 1. The molecule has 0 saturated heterocycles. The van der Waals surface area contributed by atoms with Crippen molar-refractivity contribution in [1.82, 2.24) is 4.98 Å². The van der Waals surface area contributed by atoms with Crippen LogP contribution in [0.4, 0.5) is 13.2 Å². The fraction of sp³-hybridized carbons (Fsp3) is 0.267. The monoisotopic (exact) mass is 296 g/mol.